The van der Waals surface area contributed by atoms with Crippen LogP contribution in [0.25, 0.3) is 0 Å². The van der Waals surface area contributed by atoms with E-state index in [1.807, 2.05) is 0 Å². The van der Waals surface area contributed by atoms with Crippen LogP contribution >= 0.6 is 27.5 Å². The fourth-order valence-electron chi connectivity index (χ4n) is 1.42. The van der Waals surface area contributed by atoms with E-state index in [1.165, 1.54) is 25.3 Å². The van der Waals surface area contributed by atoms with Crippen LogP contribution in [0.2, 0.25) is 5.15 Å². The van der Waals surface area contributed by atoms with Crippen molar-refractivity contribution in [1.29, 1.82) is 0 Å². The van der Waals surface area contributed by atoms with Crippen molar-refractivity contribution < 1.29 is 14.6 Å². The van der Waals surface area contributed by atoms with Gasteiger partial charge in [0.2, 0.25) is 11.8 Å². The molecule has 2 N–H and O–H groups in total. The maximum Gasteiger partial charge on any atom is 0.261 e. The number of ether oxygens (including phenoxy) is 1. The molecule has 0 spiro atoms. The van der Waals surface area contributed by atoms with E-state index in [0.717, 1.165) is 0 Å². The lowest BCUT2D eigenvalue weighted by atomic mass is 10.2. The van der Waals surface area contributed by atoms with Gasteiger partial charge in [0.15, 0.2) is 0 Å². The van der Waals surface area contributed by atoms with Gasteiger partial charge in [0.1, 0.15) is 10.9 Å². The standard InChI is InChI=1S/C12H9BrClN3O3/c1-20-10-5-9(14)15-12(16-10)17-11(19)7-3-2-6(13)4-8(7)18/h2-5,18H,1H3,(H,15,16,17,19). The second-order valence-corrected chi connectivity index (χ2v) is 4.98. The Labute approximate surface area is 127 Å². The highest BCUT2D eigenvalue weighted by Gasteiger charge is 2.14. The van der Waals surface area contributed by atoms with Crippen molar-refractivity contribution >= 4 is 39.4 Å². The van der Waals surface area contributed by atoms with E-state index in [-0.39, 0.29) is 28.3 Å². The average molecular weight is 359 g/mol. The van der Waals surface area contributed by atoms with Gasteiger partial charge in [-0.05, 0) is 18.2 Å². The summed E-state index contributed by atoms with van der Waals surface area (Å²) < 4.78 is 5.58. The van der Waals surface area contributed by atoms with Crippen LogP contribution in [0.5, 0.6) is 11.6 Å². The zero-order valence-electron chi connectivity index (χ0n) is 10.2. The number of aromatic nitrogens is 2. The van der Waals surface area contributed by atoms with E-state index < -0.39 is 5.91 Å². The van der Waals surface area contributed by atoms with Gasteiger partial charge in [-0.15, -0.1) is 0 Å². The molecule has 0 atom stereocenters. The van der Waals surface area contributed by atoms with Gasteiger partial charge in [-0.25, -0.2) is 4.98 Å². The molecule has 1 amide bonds. The maximum atomic E-state index is 12.0. The lowest BCUT2D eigenvalue weighted by Gasteiger charge is -2.07. The van der Waals surface area contributed by atoms with Crippen LogP contribution < -0.4 is 10.1 Å². The third-order valence-electron chi connectivity index (χ3n) is 2.31. The third kappa shape index (κ3) is 3.37. The highest BCUT2D eigenvalue weighted by molar-refractivity contribution is 9.10. The summed E-state index contributed by atoms with van der Waals surface area (Å²) in [4.78, 5) is 19.8. The molecule has 1 heterocycles. The summed E-state index contributed by atoms with van der Waals surface area (Å²) >= 11 is 8.96. The van der Waals surface area contributed by atoms with Crippen molar-refractivity contribution in [3.63, 3.8) is 0 Å². The minimum absolute atomic E-state index is 0.0123. The van der Waals surface area contributed by atoms with Crippen molar-refractivity contribution in [2.24, 2.45) is 0 Å². The highest BCUT2D eigenvalue weighted by atomic mass is 79.9. The Hall–Kier alpha value is -1.86. The summed E-state index contributed by atoms with van der Waals surface area (Å²) in [5.74, 6) is -0.507. The number of nitrogens with one attached hydrogen (secondary N) is 1. The average Bonchev–Trinajstić information content (AvgIpc) is 2.37. The Morgan fingerprint density at radius 3 is 2.80 bits per heavy atom. The minimum Gasteiger partial charge on any atom is -0.507 e. The number of hydrogen-bond donors (Lipinski definition) is 2. The maximum absolute atomic E-state index is 12.0. The molecule has 104 valence electrons. The van der Waals surface area contributed by atoms with Crippen LogP contribution in [0.15, 0.2) is 28.7 Å². The number of aromatic hydroxyl groups is 1. The molecule has 0 aliphatic rings. The van der Waals surface area contributed by atoms with E-state index in [0.29, 0.717) is 4.47 Å². The van der Waals surface area contributed by atoms with E-state index in [1.54, 1.807) is 6.07 Å². The van der Waals surface area contributed by atoms with Crippen molar-refractivity contribution in [3.05, 3.63) is 39.5 Å². The summed E-state index contributed by atoms with van der Waals surface area (Å²) in [5, 5.41) is 12.3. The predicted octanol–water partition coefficient (Wildman–Crippen LogP) is 2.86. The molecule has 1 aromatic carbocycles. The number of rotatable bonds is 3. The Bertz CT molecular complexity index is 666. The number of methoxy groups -OCH3 is 1. The van der Waals surface area contributed by atoms with Crippen LogP contribution in [0.1, 0.15) is 10.4 Å². The van der Waals surface area contributed by atoms with Gasteiger partial charge in [0, 0.05) is 10.5 Å². The summed E-state index contributed by atoms with van der Waals surface area (Å²) in [5.41, 5.74) is 0.0933. The number of amides is 1. The number of hydrogen-bond acceptors (Lipinski definition) is 5. The van der Waals surface area contributed by atoms with Gasteiger partial charge < -0.3 is 9.84 Å². The Balaban J connectivity index is 2.25. The first-order chi connectivity index (χ1) is 9.49. The van der Waals surface area contributed by atoms with Gasteiger partial charge in [-0.1, -0.05) is 27.5 Å². The van der Waals surface area contributed by atoms with E-state index in [2.05, 4.69) is 31.2 Å². The lowest BCUT2D eigenvalue weighted by Crippen LogP contribution is -2.14. The first-order valence-corrected chi connectivity index (χ1v) is 6.55. The van der Waals surface area contributed by atoms with Gasteiger partial charge >= 0.3 is 0 Å². The summed E-state index contributed by atoms with van der Waals surface area (Å²) in [7, 11) is 1.42. The molecular weight excluding hydrogens is 350 g/mol. The fourth-order valence-corrected chi connectivity index (χ4v) is 1.95. The van der Waals surface area contributed by atoms with Crippen LogP contribution in [0.4, 0.5) is 5.95 Å². The van der Waals surface area contributed by atoms with Gasteiger partial charge in [-0.2, -0.15) is 4.98 Å². The quantitative estimate of drug-likeness (QED) is 0.824. The number of carbonyl (C=O) groups is 1. The summed E-state index contributed by atoms with van der Waals surface area (Å²) in [6.07, 6.45) is 0. The minimum atomic E-state index is -0.556. The number of nitrogens with zero attached hydrogens (tertiary/aromatic N) is 2. The number of benzene rings is 1. The van der Waals surface area contributed by atoms with Crippen molar-refractivity contribution in [2.45, 2.75) is 0 Å². The van der Waals surface area contributed by atoms with Crippen LogP contribution in [-0.4, -0.2) is 28.1 Å². The Morgan fingerprint density at radius 2 is 2.15 bits per heavy atom. The first-order valence-electron chi connectivity index (χ1n) is 5.38. The fraction of sp³-hybridized carbons (Fsp3) is 0.0833. The zero-order valence-corrected chi connectivity index (χ0v) is 12.6. The monoisotopic (exact) mass is 357 g/mol. The number of carbonyl (C=O) groups excluding carboxylic acids is 1. The molecular formula is C12H9BrClN3O3. The van der Waals surface area contributed by atoms with E-state index in [4.69, 9.17) is 16.3 Å². The third-order valence-corrected chi connectivity index (χ3v) is 3.00. The molecule has 8 heteroatoms. The lowest BCUT2D eigenvalue weighted by molar-refractivity contribution is 0.102. The first kappa shape index (κ1) is 14.5. The van der Waals surface area contributed by atoms with Crippen molar-refractivity contribution in [1.82, 2.24) is 9.97 Å². The smallest absolute Gasteiger partial charge is 0.261 e. The molecule has 0 saturated heterocycles. The van der Waals surface area contributed by atoms with Crippen LogP contribution in [0, 0.1) is 0 Å². The molecule has 2 aromatic rings. The van der Waals surface area contributed by atoms with Gasteiger partial charge in [-0.3, -0.25) is 10.1 Å². The molecule has 6 nitrogen and oxygen atoms in total. The summed E-state index contributed by atoms with van der Waals surface area (Å²) in [6.45, 7) is 0. The number of phenols is 1. The van der Waals surface area contributed by atoms with Crippen LogP contribution in [-0.2, 0) is 0 Å². The predicted molar refractivity (Wildman–Crippen MR) is 77.4 cm³/mol. The molecule has 1 aromatic heterocycles. The molecule has 0 saturated carbocycles. The number of phenolic OH excluding ortho intramolecular Hbond substituents is 1. The normalized spacial score (nSPS) is 10.2. The van der Waals surface area contributed by atoms with Crippen LogP contribution in [0.3, 0.4) is 0 Å². The van der Waals surface area contributed by atoms with Gasteiger partial charge in [0.05, 0.1) is 12.7 Å². The van der Waals surface area contributed by atoms with E-state index >= 15 is 0 Å². The van der Waals surface area contributed by atoms with Crippen molar-refractivity contribution in [2.75, 3.05) is 12.4 Å². The molecule has 20 heavy (non-hydrogen) atoms. The summed E-state index contributed by atoms with van der Waals surface area (Å²) in [6, 6.07) is 5.92. The molecule has 0 aliphatic carbocycles. The molecule has 0 aliphatic heterocycles. The van der Waals surface area contributed by atoms with Gasteiger partial charge in [0.25, 0.3) is 5.91 Å². The Kier molecular flexibility index (Phi) is 4.41. The number of anilines is 1. The second kappa shape index (κ2) is 6.06. The van der Waals surface area contributed by atoms with E-state index in [9.17, 15) is 9.90 Å². The largest absolute Gasteiger partial charge is 0.507 e. The second-order valence-electron chi connectivity index (χ2n) is 3.67. The number of halogens is 2. The van der Waals surface area contributed by atoms with Crippen molar-refractivity contribution in [3.8, 4) is 11.6 Å². The Morgan fingerprint density at radius 1 is 1.40 bits per heavy atom. The highest BCUT2D eigenvalue weighted by Crippen LogP contribution is 2.23. The molecule has 2 rings (SSSR count). The topological polar surface area (TPSA) is 84.3 Å². The molecule has 0 unspecified atom stereocenters. The molecule has 0 radical (unpaired) electrons. The SMILES string of the molecule is COc1cc(Cl)nc(NC(=O)c2ccc(Br)cc2O)n1. The molecule has 0 fully saturated rings. The zero-order chi connectivity index (χ0) is 14.7. The molecule has 0 bridgehead atoms.